The third-order valence-electron chi connectivity index (χ3n) is 5.76. The van der Waals surface area contributed by atoms with Gasteiger partial charge in [0.15, 0.2) is 0 Å². The predicted octanol–water partition coefficient (Wildman–Crippen LogP) is 6.23. The van der Waals surface area contributed by atoms with Crippen LogP contribution < -0.4 is 4.72 Å². The van der Waals surface area contributed by atoms with Gasteiger partial charge < -0.3 is 0 Å². The Morgan fingerprint density at radius 1 is 0.659 bits per heavy atom. The molecule has 4 aromatic rings. The van der Waals surface area contributed by atoms with Gasteiger partial charge in [-0.05, 0) is 58.8 Å². The Morgan fingerprint density at radius 3 is 1.83 bits per heavy atom. The first-order valence-electron chi connectivity index (χ1n) is 11.4. The summed E-state index contributed by atoms with van der Waals surface area (Å²) in [5.74, 6) is -1.45. The van der Waals surface area contributed by atoms with Crippen molar-refractivity contribution in [3.05, 3.63) is 108 Å². The van der Waals surface area contributed by atoms with Crippen LogP contribution in [0.1, 0.15) is 16.7 Å². The van der Waals surface area contributed by atoms with Crippen LogP contribution in [0.5, 0.6) is 0 Å². The van der Waals surface area contributed by atoms with Gasteiger partial charge in [-0.2, -0.15) is 26.3 Å². The Labute approximate surface area is 229 Å². The van der Waals surface area contributed by atoms with E-state index in [2.05, 4.69) is 0 Å². The summed E-state index contributed by atoms with van der Waals surface area (Å²) in [6, 6.07) is 16.5. The third kappa shape index (κ3) is 6.60. The molecule has 0 fully saturated rings. The number of hydrogen-bond donors (Lipinski definition) is 1. The molecule has 0 unspecified atom stereocenters. The highest BCUT2D eigenvalue weighted by molar-refractivity contribution is 7.91. The van der Waals surface area contributed by atoms with Crippen LogP contribution in [0, 0.1) is 0 Å². The van der Waals surface area contributed by atoms with E-state index in [0.29, 0.717) is 11.5 Å². The average molecular weight is 614 g/mol. The van der Waals surface area contributed by atoms with E-state index in [-0.39, 0.29) is 33.6 Å². The molecular weight excluding hydrogens is 596 g/mol. The molecule has 0 radical (unpaired) electrons. The number of carbonyl (C=O) groups excluding carboxylic acids is 1. The molecule has 0 bridgehead atoms. The smallest absolute Gasteiger partial charge is 0.269 e. The SMILES string of the molecule is O=C(/C=C/c1ccccc1S(=O)(=O)c1ccc2ccccc2c1)NS(=O)(=O)c1cc(C(F)(F)F)cc(C(F)(F)F)c1. The van der Waals surface area contributed by atoms with Crippen molar-refractivity contribution >= 4 is 42.6 Å². The van der Waals surface area contributed by atoms with Gasteiger partial charge in [-0.15, -0.1) is 0 Å². The summed E-state index contributed by atoms with van der Waals surface area (Å²) in [5.41, 5.74) is -3.81. The monoisotopic (exact) mass is 613 g/mol. The highest BCUT2D eigenvalue weighted by Gasteiger charge is 2.38. The lowest BCUT2D eigenvalue weighted by Crippen LogP contribution is -2.29. The first-order chi connectivity index (χ1) is 19.0. The molecule has 4 aromatic carbocycles. The van der Waals surface area contributed by atoms with Gasteiger partial charge in [0.2, 0.25) is 9.84 Å². The quantitative estimate of drug-likeness (QED) is 0.206. The van der Waals surface area contributed by atoms with Gasteiger partial charge in [-0.1, -0.05) is 48.5 Å². The zero-order valence-corrected chi connectivity index (χ0v) is 22.0. The van der Waals surface area contributed by atoms with Gasteiger partial charge in [0.05, 0.1) is 25.8 Å². The fourth-order valence-electron chi connectivity index (χ4n) is 3.80. The Hall–Kier alpha value is -4.17. The lowest BCUT2D eigenvalue weighted by Gasteiger charge is -2.14. The summed E-state index contributed by atoms with van der Waals surface area (Å²) in [6.45, 7) is 0. The highest BCUT2D eigenvalue weighted by Crippen LogP contribution is 2.37. The van der Waals surface area contributed by atoms with E-state index in [1.165, 1.54) is 41.1 Å². The van der Waals surface area contributed by atoms with Crippen molar-refractivity contribution in [3.8, 4) is 0 Å². The van der Waals surface area contributed by atoms with Crippen molar-refractivity contribution in [3.63, 3.8) is 0 Å². The highest BCUT2D eigenvalue weighted by atomic mass is 32.2. The van der Waals surface area contributed by atoms with Crippen molar-refractivity contribution < 1.29 is 48.0 Å². The van der Waals surface area contributed by atoms with Crippen molar-refractivity contribution in [2.45, 2.75) is 27.0 Å². The van der Waals surface area contributed by atoms with Crippen LogP contribution in [0.2, 0.25) is 0 Å². The Kier molecular flexibility index (Phi) is 7.76. The molecule has 0 heterocycles. The minimum Gasteiger partial charge on any atom is -0.269 e. The lowest BCUT2D eigenvalue weighted by atomic mass is 10.1. The number of nitrogens with one attached hydrogen (secondary N) is 1. The molecule has 214 valence electrons. The van der Waals surface area contributed by atoms with Gasteiger partial charge in [-0.25, -0.2) is 21.6 Å². The zero-order valence-electron chi connectivity index (χ0n) is 20.4. The van der Waals surface area contributed by atoms with E-state index in [0.717, 1.165) is 11.5 Å². The molecule has 6 nitrogen and oxygen atoms in total. The molecule has 14 heteroatoms. The van der Waals surface area contributed by atoms with E-state index in [9.17, 15) is 48.0 Å². The van der Waals surface area contributed by atoms with Crippen molar-refractivity contribution in [1.82, 2.24) is 4.72 Å². The van der Waals surface area contributed by atoms with E-state index in [1.807, 2.05) is 0 Å². The van der Waals surface area contributed by atoms with Crippen LogP contribution in [-0.2, 0) is 37.0 Å². The number of alkyl halides is 6. The summed E-state index contributed by atoms with van der Waals surface area (Å²) in [7, 11) is -9.34. The van der Waals surface area contributed by atoms with Gasteiger partial charge in [0.25, 0.3) is 15.9 Å². The Balaban J connectivity index is 1.64. The molecule has 0 atom stereocenters. The van der Waals surface area contributed by atoms with Crippen LogP contribution in [-0.4, -0.2) is 22.7 Å². The largest absolute Gasteiger partial charge is 0.416 e. The molecule has 0 aliphatic carbocycles. The van der Waals surface area contributed by atoms with E-state index >= 15 is 0 Å². The molecule has 0 aromatic heterocycles. The molecular formula is C27H17F6NO5S2. The first-order valence-corrected chi connectivity index (χ1v) is 14.3. The number of sulfonamides is 1. The normalized spacial score (nSPS) is 13.0. The maximum absolute atomic E-state index is 13.4. The number of carbonyl (C=O) groups is 1. The predicted molar refractivity (Wildman–Crippen MR) is 137 cm³/mol. The van der Waals surface area contributed by atoms with Crippen molar-refractivity contribution in [2.24, 2.45) is 0 Å². The molecule has 0 aliphatic heterocycles. The number of fused-ring (bicyclic) bond motifs is 1. The topological polar surface area (TPSA) is 97.4 Å². The second-order valence-electron chi connectivity index (χ2n) is 8.59. The summed E-state index contributed by atoms with van der Waals surface area (Å²) >= 11 is 0. The minimum atomic E-state index is -5.31. The van der Waals surface area contributed by atoms with Crippen LogP contribution in [0.4, 0.5) is 26.3 Å². The van der Waals surface area contributed by atoms with Gasteiger partial charge in [0.1, 0.15) is 0 Å². The van der Waals surface area contributed by atoms with Gasteiger partial charge in [0, 0.05) is 6.08 Å². The maximum atomic E-state index is 13.4. The Bertz CT molecular complexity index is 1870. The van der Waals surface area contributed by atoms with E-state index in [4.69, 9.17) is 0 Å². The first kappa shape index (κ1) is 29.8. The zero-order chi connectivity index (χ0) is 30.2. The molecule has 0 aliphatic rings. The maximum Gasteiger partial charge on any atom is 0.416 e. The van der Waals surface area contributed by atoms with Gasteiger partial charge >= 0.3 is 12.4 Å². The van der Waals surface area contributed by atoms with Crippen LogP contribution in [0.15, 0.2) is 106 Å². The molecule has 0 saturated heterocycles. The van der Waals surface area contributed by atoms with Crippen molar-refractivity contribution in [1.29, 1.82) is 0 Å². The summed E-state index contributed by atoms with van der Waals surface area (Å²) in [6.07, 6.45) is -9.08. The fourth-order valence-corrected chi connectivity index (χ4v) is 6.30. The van der Waals surface area contributed by atoms with Crippen molar-refractivity contribution in [2.75, 3.05) is 0 Å². The fraction of sp³-hybridized carbons (Fsp3) is 0.0741. The number of benzene rings is 4. The standard InChI is InChI=1S/C27H17F6NO5S2/c28-26(29,30)20-14-21(27(31,32)33)16-23(15-20)41(38,39)34-25(35)12-10-18-6-3-4-8-24(18)40(36,37)22-11-9-17-5-1-2-7-19(17)13-22/h1-16H,(H,34,35)/b12-10+. The van der Waals surface area contributed by atoms with Gasteiger partial charge in [-0.3, -0.25) is 4.79 Å². The van der Waals surface area contributed by atoms with Crippen LogP contribution >= 0.6 is 0 Å². The number of rotatable bonds is 6. The number of sulfone groups is 1. The second kappa shape index (κ2) is 10.7. The number of halogens is 6. The summed E-state index contributed by atoms with van der Waals surface area (Å²) in [4.78, 5) is 10.6. The minimum absolute atomic E-state index is 0.0355. The lowest BCUT2D eigenvalue weighted by molar-refractivity contribution is -0.143. The van der Waals surface area contributed by atoms with E-state index in [1.54, 1.807) is 30.3 Å². The van der Waals surface area contributed by atoms with Crippen LogP contribution in [0.25, 0.3) is 16.8 Å². The average Bonchev–Trinajstić information content (AvgIpc) is 2.90. The molecule has 41 heavy (non-hydrogen) atoms. The van der Waals surface area contributed by atoms with E-state index < -0.39 is 54.1 Å². The molecule has 0 saturated carbocycles. The molecule has 1 N–H and O–H groups in total. The summed E-state index contributed by atoms with van der Waals surface area (Å²) < 4.78 is 132. The second-order valence-corrected chi connectivity index (χ2v) is 12.2. The Morgan fingerprint density at radius 2 is 1.22 bits per heavy atom. The molecule has 1 amide bonds. The molecule has 4 rings (SSSR count). The number of amides is 1. The molecule has 0 spiro atoms. The van der Waals surface area contributed by atoms with Crippen LogP contribution in [0.3, 0.4) is 0 Å². The summed E-state index contributed by atoms with van der Waals surface area (Å²) in [5, 5.41) is 1.44. The third-order valence-corrected chi connectivity index (χ3v) is 8.91. The number of hydrogen-bond acceptors (Lipinski definition) is 5.